The molecule has 1 rings (SSSR count). The summed E-state index contributed by atoms with van der Waals surface area (Å²) in [5.41, 5.74) is 16.6. The van der Waals surface area contributed by atoms with Crippen LogP contribution in [-0.4, -0.2) is 42.4 Å². The molecule has 26 heavy (non-hydrogen) atoms. The molecule has 1 aromatic carbocycles. The van der Waals surface area contributed by atoms with E-state index in [4.69, 9.17) is 22.3 Å². The molecule has 8 heteroatoms. The number of amides is 1. The second-order valence-corrected chi connectivity index (χ2v) is 5.17. The van der Waals surface area contributed by atoms with Crippen molar-refractivity contribution >= 4 is 23.9 Å². The van der Waals surface area contributed by atoms with Gasteiger partial charge in [-0.25, -0.2) is 0 Å². The SMILES string of the molecule is C=CCN.CC(=O)Nc1ccc(C=O)cc1.NCCCC[C@H](N)C(=O)O. The van der Waals surface area contributed by atoms with E-state index in [1.165, 1.54) is 6.92 Å². The van der Waals surface area contributed by atoms with Gasteiger partial charge in [0.2, 0.25) is 5.91 Å². The number of hydrogen-bond donors (Lipinski definition) is 5. The van der Waals surface area contributed by atoms with Gasteiger partial charge >= 0.3 is 5.97 Å². The van der Waals surface area contributed by atoms with Gasteiger partial charge in [-0.1, -0.05) is 12.5 Å². The van der Waals surface area contributed by atoms with Crippen molar-refractivity contribution in [2.24, 2.45) is 17.2 Å². The fourth-order valence-electron chi connectivity index (χ4n) is 1.48. The van der Waals surface area contributed by atoms with Gasteiger partial charge in [0, 0.05) is 24.7 Å². The highest BCUT2D eigenvalue weighted by Crippen LogP contribution is 2.07. The highest BCUT2D eigenvalue weighted by atomic mass is 16.4. The molecule has 0 aliphatic rings. The topological polar surface area (TPSA) is 162 Å². The number of carbonyl (C=O) groups excluding carboxylic acids is 2. The maximum Gasteiger partial charge on any atom is 0.320 e. The van der Waals surface area contributed by atoms with Crippen molar-refractivity contribution in [2.45, 2.75) is 32.2 Å². The molecule has 0 bridgehead atoms. The molecule has 8 nitrogen and oxygen atoms in total. The molecule has 0 radical (unpaired) electrons. The molecule has 1 aromatic rings. The largest absolute Gasteiger partial charge is 0.480 e. The van der Waals surface area contributed by atoms with E-state index in [1.54, 1.807) is 30.3 Å². The maximum absolute atomic E-state index is 10.6. The molecule has 1 amide bonds. The van der Waals surface area contributed by atoms with Gasteiger partial charge in [0.05, 0.1) is 0 Å². The van der Waals surface area contributed by atoms with Crippen molar-refractivity contribution in [3.05, 3.63) is 42.5 Å². The fraction of sp³-hybridized carbons (Fsp3) is 0.389. The number of unbranched alkanes of at least 4 members (excludes halogenated alkanes) is 1. The standard InChI is InChI=1S/C9H9NO2.C6H14N2O2.C3H7N/c1-7(12)10-9-4-2-8(6-11)3-5-9;7-4-2-1-3-5(8)6(9)10;1-2-3-4/h2-6H,1H3,(H,10,12);5H,1-4,7-8H2,(H,9,10);2H,1,3-4H2/t;5-;/m.0./s1. The Morgan fingerprint density at radius 3 is 2.12 bits per heavy atom. The zero-order valence-electron chi connectivity index (χ0n) is 15.2. The number of rotatable bonds is 8. The van der Waals surface area contributed by atoms with Crippen molar-refractivity contribution in [2.75, 3.05) is 18.4 Å². The molecule has 0 spiro atoms. The van der Waals surface area contributed by atoms with Crippen LogP contribution in [0.15, 0.2) is 36.9 Å². The van der Waals surface area contributed by atoms with E-state index < -0.39 is 12.0 Å². The van der Waals surface area contributed by atoms with Gasteiger partial charge in [-0.3, -0.25) is 14.4 Å². The second kappa shape index (κ2) is 17.3. The fourth-order valence-corrected chi connectivity index (χ4v) is 1.48. The number of carboxylic acids is 1. The number of carbonyl (C=O) groups is 3. The molecular formula is C18H30N4O4. The third-order valence-corrected chi connectivity index (χ3v) is 2.82. The molecule has 0 saturated heterocycles. The maximum atomic E-state index is 10.6. The van der Waals surface area contributed by atoms with Gasteiger partial charge in [0.25, 0.3) is 0 Å². The van der Waals surface area contributed by atoms with E-state index in [1.807, 2.05) is 0 Å². The van der Waals surface area contributed by atoms with Gasteiger partial charge in [0.1, 0.15) is 12.3 Å². The first kappa shape index (κ1) is 25.7. The number of nitrogens with two attached hydrogens (primary N) is 3. The van der Waals surface area contributed by atoms with Crippen molar-refractivity contribution in [1.82, 2.24) is 0 Å². The summed E-state index contributed by atoms with van der Waals surface area (Å²) in [5.74, 6) is -1.05. The van der Waals surface area contributed by atoms with E-state index >= 15 is 0 Å². The average molecular weight is 366 g/mol. The molecule has 1 atom stereocenters. The van der Waals surface area contributed by atoms with Crippen LogP contribution < -0.4 is 22.5 Å². The molecule has 0 aliphatic heterocycles. The Morgan fingerprint density at radius 1 is 1.23 bits per heavy atom. The number of aliphatic carboxylic acids is 1. The van der Waals surface area contributed by atoms with E-state index in [-0.39, 0.29) is 5.91 Å². The van der Waals surface area contributed by atoms with Crippen LogP contribution in [0.25, 0.3) is 0 Å². The summed E-state index contributed by atoms with van der Waals surface area (Å²) in [6.07, 6.45) is 4.58. The predicted octanol–water partition coefficient (Wildman–Crippen LogP) is 1.12. The van der Waals surface area contributed by atoms with E-state index in [2.05, 4.69) is 11.9 Å². The Kier molecular flexibility index (Phi) is 17.1. The first-order chi connectivity index (χ1) is 12.3. The summed E-state index contributed by atoms with van der Waals surface area (Å²) in [6, 6.07) is 5.96. The van der Waals surface area contributed by atoms with Crippen molar-refractivity contribution in [1.29, 1.82) is 0 Å². The van der Waals surface area contributed by atoms with Gasteiger partial charge < -0.3 is 27.6 Å². The predicted molar refractivity (Wildman–Crippen MR) is 104 cm³/mol. The molecule has 146 valence electrons. The van der Waals surface area contributed by atoms with Gasteiger partial charge in [-0.15, -0.1) is 6.58 Å². The Labute approximate surface area is 154 Å². The van der Waals surface area contributed by atoms with Crippen LogP contribution in [0.2, 0.25) is 0 Å². The van der Waals surface area contributed by atoms with E-state index in [0.717, 1.165) is 19.1 Å². The lowest BCUT2D eigenvalue weighted by molar-refractivity contribution is -0.138. The zero-order valence-corrected chi connectivity index (χ0v) is 15.2. The van der Waals surface area contributed by atoms with Crippen molar-refractivity contribution in [3.8, 4) is 0 Å². The van der Waals surface area contributed by atoms with Crippen LogP contribution in [-0.2, 0) is 9.59 Å². The van der Waals surface area contributed by atoms with Crippen LogP contribution in [0.4, 0.5) is 5.69 Å². The van der Waals surface area contributed by atoms with Crippen LogP contribution in [0.1, 0.15) is 36.5 Å². The monoisotopic (exact) mass is 366 g/mol. The number of aldehydes is 1. The van der Waals surface area contributed by atoms with Crippen LogP contribution in [0, 0.1) is 0 Å². The Hall–Kier alpha value is -2.55. The zero-order chi connectivity index (χ0) is 20.4. The lowest BCUT2D eigenvalue weighted by Gasteiger charge is -2.03. The van der Waals surface area contributed by atoms with Gasteiger partial charge in [0.15, 0.2) is 0 Å². The number of carboxylic acid groups (broad SMARTS) is 1. The van der Waals surface area contributed by atoms with E-state index in [0.29, 0.717) is 30.8 Å². The Bertz CT molecular complexity index is 532. The van der Waals surface area contributed by atoms with Crippen molar-refractivity contribution < 1.29 is 19.5 Å². The van der Waals surface area contributed by atoms with Crippen LogP contribution >= 0.6 is 0 Å². The second-order valence-electron chi connectivity index (χ2n) is 5.17. The summed E-state index contributed by atoms with van der Waals surface area (Å²) >= 11 is 0. The first-order valence-corrected chi connectivity index (χ1v) is 8.14. The minimum Gasteiger partial charge on any atom is -0.480 e. The molecule has 8 N–H and O–H groups in total. The molecular weight excluding hydrogens is 336 g/mol. The van der Waals surface area contributed by atoms with Crippen molar-refractivity contribution in [3.63, 3.8) is 0 Å². The average Bonchev–Trinajstić information content (AvgIpc) is 2.62. The van der Waals surface area contributed by atoms with Gasteiger partial charge in [-0.05, 0) is 43.7 Å². The molecule has 0 saturated carbocycles. The van der Waals surface area contributed by atoms with Gasteiger partial charge in [-0.2, -0.15) is 0 Å². The van der Waals surface area contributed by atoms with Crippen LogP contribution in [0.3, 0.4) is 0 Å². The Morgan fingerprint density at radius 2 is 1.77 bits per heavy atom. The number of benzene rings is 1. The third kappa shape index (κ3) is 16.3. The minimum absolute atomic E-state index is 0.117. The lowest BCUT2D eigenvalue weighted by Crippen LogP contribution is -2.29. The van der Waals surface area contributed by atoms with Crippen LogP contribution in [0.5, 0.6) is 0 Å². The molecule has 0 aliphatic carbocycles. The highest BCUT2D eigenvalue weighted by Gasteiger charge is 2.09. The number of anilines is 1. The quantitative estimate of drug-likeness (QED) is 0.261. The molecule has 0 fully saturated rings. The van der Waals surface area contributed by atoms with E-state index in [9.17, 15) is 14.4 Å². The normalized spacial score (nSPS) is 10.2. The molecule has 0 aromatic heterocycles. The summed E-state index contributed by atoms with van der Waals surface area (Å²) in [4.78, 5) is 31.0. The highest BCUT2D eigenvalue weighted by molar-refractivity contribution is 5.89. The Balaban J connectivity index is 0. The number of hydrogen-bond acceptors (Lipinski definition) is 6. The summed E-state index contributed by atoms with van der Waals surface area (Å²) in [7, 11) is 0. The third-order valence-electron chi connectivity index (χ3n) is 2.82. The minimum atomic E-state index is -0.933. The first-order valence-electron chi connectivity index (χ1n) is 8.14. The summed E-state index contributed by atoms with van der Waals surface area (Å²) < 4.78 is 0. The summed E-state index contributed by atoms with van der Waals surface area (Å²) in [6.45, 7) is 5.98. The smallest absolute Gasteiger partial charge is 0.320 e. The lowest BCUT2D eigenvalue weighted by atomic mass is 10.1. The molecule has 0 unspecified atom stereocenters. The molecule has 0 heterocycles. The summed E-state index contributed by atoms with van der Waals surface area (Å²) in [5, 5.41) is 10.9. The number of nitrogens with one attached hydrogen (secondary N) is 1.